The van der Waals surface area contributed by atoms with Crippen LogP contribution in [0.25, 0.3) is 0 Å². The molecule has 1 saturated carbocycles. The molecule has 0 bridgehead atoms. The maximum absolute atomic E-state index is 12.4. The van der Waals surface area contributed by atoms with E-state index in [1.54, 1.807) is 18.3 Å². The Hall–Kier alpha value is -2.69. The third-order valence-corrected chi connectivity index (χ3v) is 3.93. The summed E-state index contributed by atoms with van der Waals surface area (Å²) in [6.07, 6.45) is 4.52. The number of hydrogen-bond donors (Lipinski definition) is 2. The van der Waals surface area contributed by atoms with E-state index in [-0.39, 0.29) is 5.91 Å². The van der Waals surface area contributed by atoms with Crippen molar-refractivity contribution >= 4 is 23.8 Å². The molecule has 0 spiro atoms. The Morgan fingerprint density at radius 2 is 2.13 bits per heavy atom. The molecule has 118 valence electrons. The molecule has 2 aromatic rings. The zero-order chi connectivity index (χ0) is 16.2. The van der Waals surface area contributed by atoms with Gasteiger partial charge in [0, 0.05) is 11.9 Å². The van der Waals surface area contributed by atoms with E-state index in [1.165, 1.54) is 18.4 Å². The first-order chi connectivity index (χ1) is 11.2. The number of hydrogen-bond acceptors (Lipinski definition) is 3. The molecule has 2 N–H and O–H groups in total. The van der Waals surface area contributed by atoms with Gasteiger partial charge in [0.15, 0.2) is 0 Å². The molecule has 0 aliphatic heterocycles. The summed E-state index contributed by atoms with van der Waals surface area (Å²) in [5, 5.41) is 5.38. The first-order valence-electron chi connectivity index (χ1n) is 7.58. The van der Waals surface area contributed by atoms with Gasteiger partial charge in [-0.25, -0.2) is 4.98 Å². The fourth-order valence-electron chi connectivity index (χ4n) is 2.53. The van der Waals surface area contributed by atoms with Crippen LogP contribution in [0, 0.1) is 6.92 Å². The van der Waals surface area contributed by atoms with E-state index < -0.39 is 5.92 Å². The third kappa shape index (κ3) is 3.56. The third-order valence-electron chi connectivity index (χ3n) is 3.93. The Morgan fingerprint density at radius 1 is 1.30 bits per heavy atom. The molecule has 1 aliphatic carbocycles. The number of amides is 2. The number of aromatic nitrogens is 1. The van der Waals surface area contributed by atoms with Gasteiger partial charge in [-0.05, 0) is 48.1 Å². The molecule has 1 aromatic heterocycles. The highest BCUT2D eigenvalue weighted by Gasteiger charge is 2.23. The first kappa shape index (κ1) is 15.2. The van der Waals surface area contributed by atoms with E-state index in [1.807, 2.05) is 18.2 Å². The number of nitrogens with zero attached hydrogens (tertiary/aromatic N) is 1. The van der Waals surface area contributed by atoms with Crippen molar-refractivity contribution in [2.45, 2.75) is 24.7 Å². The highest BCUT2D eigenvalue weighted by atomic mass is 16.2. The Labute approximate surface area is 135 Å². The summed E-state index contributed by atoms with van der Waals surface area (Å²) in [6.45, 7) is 3.91. The lowest BCUT2D eigenvalue weighted by molar-refractivity contribution is -0.116. The number of carbonyl (C=O) groups is 2. The second-order valence-corrected chi connectivity index (χ2v) is 5.64. The monoisotopic (exact) mass is 308 g/mol. The molecule has 5 nitrogen and oxygen atoms in total. The minimum atomic E-state index is -0.671. The lowest BCUT2D eigenvalue weighted by atomic mass is 10.0. The van der Waals surface area contributed by atoms with Crippen molar-refractivity contribution in [1.29, 1.82) is 0 Å². The molecule has 1 aromatic carbocycles. The lowest BCUT2D eigenvalue weighted by Crippen LogP contribution is -2.20. The van der Waals surface area contributed by atoms with Crippen molar-refractivity contribution in [3.63, 3.8) is 0 Å². The SMILES string of the molecule is [CH2-][C@@H](C(=O)Nc1cccc(C2CC2)c1)c1cccnc1NC=O. The molecule has 23 heavy (non-hydrogen) atoms. The molecule has 1 atom stereocenters. The van der Waals surface area contributed by atoms with Crippen molar-refractivity contribution in [2.24, 2.45) is 0 Å². The Morgan fingerprint density at radius 3 is 2.87 bits per heavy atom. The van der Waals surface area contributed by atoms with Crippen LogP contribution in [0.3, 0.4) is 0 Å². The summed E-state index contributed by atoms with van der Waals surface area (Å²) in [7, 11) is 0. The number of anilines is 2. The van der Waals surface area contributed by atoms with E-state index in [2.05, 4.69) is 28.6 Å². The van der Waals surface area contributed by atoms with Gasteiger partial charge in [0.05, 0.1) is 0 Å². The van der Waals surface area contributed by atoms with Gasteiger partial charge in [0.1, 0.15) is 5.82 Å². The van der Waals surface area contributed by atoms with Gasteiger partial charge in [0.2, 0.25) is 12.3 Å². The largest absolute Gasteiger partial charge is 0.328 e. The number of pyridine rings is 1. The van der Waals surface area contributed by atoms with E-state index in [0.717, 1.165) is 5.69 Å². The van der Waals surface area contributed by atoms with E-state index in [9.17, 15) is 9.59 Å². The van der Waals surface area contributed by atoms with Crippen LogP contribution >= 0.6 is 0 Å². The van der Waals surface area contributed by atoms with Crippen LogP contribution in [-0.2, 0) is 9.59 Å². The second-order valence-electron chi connectivity index (χ2n) is 5.64. The molecule has 3 rings (SSSR count). The predicted molar refractivity (Wildman–Crippen MR) is 89.1 cm³/mol. The number of benzene rings is 1. The average Bonchev–Trinajstić information content (AvgIpc) is 3.40. The molecule has 0 unspecified atom stereocenters. The van der Waals surface area contributed by atoms with Gasteiger partial charge in [-0.15, -0.1) is 0 Å². The summed E-state index contributed by atoms with van der Waals surface area (Å²) >= 11 is 0. The summed E-state index contributed by atoms with van der Waals surface area (Å²) in [4.78, 5) is 27.2. The normalized spacial score (nSPS) is 14.8. The number of nitrogens with one attached hydrogen (secondary N) is 2. The van der Waals surface area contributed by atoms with Crippen LogP contribution < -0.4 is 10.6 Å². The molecule has 1 aliphatic rings. The van der Waals surface area contributed by atoms with Crippen molar-refractivity contribution < 1.29 is 9.59 Å². The van der Waals surface area contributed by atoms with Gasteiger partial charge >= 0.3 is 0 Å². The quantitative estimate of drug-likeness (QED) is 0.636. The van der Waals surface area contributed by atoms with Gasteiger partial charge in [-0.2, -0.15) is 0 Å². The van der Waals surface area contributed by atoms with Gasteiger partial charge < -0.3 is 17.6 Å². The molecular weight excluding hydrogens is 290 g/mol. The van der Waals surface area contributed by atoms with Crippen LogP contribution in [0.2, 0.25) is 0 Å². The van der Waals surface area contributed by atoms with Crippen molar-refractivity contribution in [3.8, 4) is 0 Å². The molecule has 5 heteroatoms. The fraction of sp³-hybridized carbons (Fsp3) is 0.222. The topological polar surface area (TPSA) is 71.1 Å². The van der Waals surface area contributed by atoms with Crippen LogP contribution in [-0.4, -0.2) is 17.3 Å². The van der Waals surface area contributed by atoms with Crippen LogP contribution in [0.5, 0.6) is 0 Å². The zero-order valence-corrected chi connectivity index (χ0v) is 12.7. The van der Waals surface area contributed by atoms with Crippen molar-refractivity contribution in [2.75, 3.05) is 10.6 Å². The maximum atomic E-state index is 12.4. The van der Waals surface area contributed by atoms with Crippen LogP contribution in [0.1, 0.15) is 35.8 Å². The summed E-state index contributed by atoms with van der Waals surface area (Å²) in [5.41, 5.74) is 2.60. The maximum Gasteiger partial charge on any atom is 0.212 e. The highest BCUT2D eigenvalue weighted by Crippen LogP contribution is 2.40. The number of rotatable bonds is 6. The fourth-order valence-corrected chi connectivity index (χ4v) is 2.53. The molecule has 0 saturated heterocycles. The van der Waals surface area contributed by atoms with Gasteiger partial charge in [-0.1, -0.05) is 24.1 Å². The number of carbonyl (C=O) groups excluding carboxylic acids is 2. The Kier molecular flexibility index (Phi) is 4.37. The van der Waals surface area contributed by atoms with Crippen LogP contribution in [0.15, 0.2) is 42.6 Å². The Bertz CT molecular complexity index is 726. The van der Waals surface area contributed by atoms with E-state index >= 15 is 0 Å². The van der Waals surface area contributed by atoms with Crippen LogP contribution in [0.4, 0.5) is 11.5 Å². The molecular formula is C18H18N3O2-. The highest BCUT2D eigenvalue weighted by molar-refractivity contribution is 5.97. The smallest absolute Gasteiger partial charge is 0.212 e. The molecule has 1 fully saturated rings. The zero-order valence-electron chi connectivity index (χ0n) is 12.7. The average molecular weight is 308 g/mol. The van der Waals surface area contributed by atoms with E-state index in [0.29, 0.717) is 23.7 Å². The Balaban J connectivity index is 1.75. The molecule has 2 amide bonds. The predicted octanol–water partition coefficient (Wildman–Crippen LogP) is 3.08. The summed E-state index contributed by atoms with van der Waals surface area (Å²) in [6, 6.07) is 11.4. The van der Waals surface area contributed by atoms with Gasteiger partial charge in [0.25, 0.3) is 0 Å². The van der Waals surface area contributed by atoms with Crippen molar-refractivity contribution in [1.82, 2.24) is 4.98 Å². The minimum Gasteiger partial charge on any atom is -0.328 e. The molecule has 0 radical (unpaired) electrons. The summed E-state index contributed by atoms with van der Waals surface area (Å²) in [5.74, 6) is 0.0733. The van der Waals surface area contributed by atoms with E-state index in [4.69, 9.17) is 0 Å². The van der Waals surface area contributed by atoms with Crippen molar-refractivity contribution in [3.05, 3.63) is 60.6 Å². The first-order valence-corrected chi connectivity index (χ1v) is 7.58. The standard InChI is InChI=1S/C18H18N3O2/c1-12(16-6-3-9-19-17(16)20-11-22)18(23)21-15-5-2-4-14(10-15)13-7-8-13/h2-6,9-13H,1,7-8H2,(H,21,23)(H,19,20,22)/q-1/t12-/m1/s1. The lowest BCUT2D eigenvalue weighted by Gasteiger charge is -2.20. The second kappa shape index (κ2) is 6.60. The summed E-state index contributed by atoms with van der Waals surface area (Å²) < 4.78 is 0. The van der Waals surface area contributed by atoms with Gasteiger partial charge in [-0.3, -0.25) is 9.59 Å². The molecule has 1 heterocycles. The minimum absolute atomic E-state index is 0.236.